The lowest BCUT2D eigenvalue weighted by Gasteiger charge is -2.37. The third kappa shape index (κ3) is 12.5. The van der Waals surface area contributed by atoms with E-state index >= 15 is 0 Å². The molecule has 0 bridgehead atoms. The first-order valence-corrected chi connectivity index (χ1v) is 10.2. The van der Waals surface area contributed by atoms with Gasteiger partial charge in [0.25, 0.3) is 0 Å². The van der Waals surface area contributed by atoms with Crippen LogP contribution in [-0.2, 0) is 14.1 Å². The molecule has 0 aliphatic carbocycles. The Hall–Kier alpha value is 0.110. The minimum Gasteiger partial charge on any atom is -0.400 e. The number of aliphatic hydroxyl groups excluding tert-OH is 3. The Morgan fingerprint density at radius 3 is 1.92 bits per heavy atom. The molecule has 0 rings (SSSR count). The second-order valence-electron chi connectivity index (χ2n) is 6.46. The largest absolute Gasteiger partial charge is 0.400 e. The maximum atomic E-state index is 10.1. The fourth-order valence-electron chi connectivity index (χ4n) is 1.61. The summed E-state index contributed by atoms with van der Waals surface area (Å²) in [5.41, 5.74) is -1.31. The van der Waals surface area contributed by atoms with Gasteiger partial charge in [-0.1, -0.05) is 27.7 Å². The number of rotatable bonds is 12. The summed E-state index contributed by atoms with van der Waals surface area (Å²) in [6.45, 7) is 13.2. The van der Waals surface area contributed by atoms with Crippen molar-refractivity contribution in [2.45, 2.75) is 71.9 Å². The minimum atomic E-state index is -1.00. The average Bonchev–Trinajstić information content (AvgIpc) is 2.61. The van der Waals surface area contributed by atoms with Crippen LogP contribution in [0, 0.1) is 5.41 Å². The van der Waals surface area contributed by atoms with Gasteiger partial charge in [-0.15, -0.1) is 0 Å². The second-order valence-corrected chi connectivity index (χ2v) is 7.11. The van der Waals surface area contributed by atoms with E-state index in [0.717, 1.165) is 7.11 Å². The predicted octanol–water partition coefficient (Wildman–Crippen LogP) is 1.64. The molecule has 0 saturated carbocycles. The molecule has 0 aromatic rings. The van der Waals surface area contributed by atoms with Crippen LogP contribution in [0.25, 0.3) is 0 Å². The maximum absolute atomic E-state index is 10.1. The molecule has 5 N–H and O–H groups in total. The summed E-state index contributed by atoms with van der Waals surface area (Å²) in [7, 11) is 1.08. The van der Waals surface area contributed by atoms with E-state index in [1.165, 1.54) is 0 Å². The quantitative estimate of drug-likeness (QED) is 0.144. The Balaban J connectivity index is -0.00000123. The van der Waals surface area contributed by atoms with E-state index in [-0.39, 0.29) is 21.8 Å². The molecule has 0 aromatic heterocycles. The molecule has 8 nitrogen and oxygen atoms in total. The van der Waals surface area contributed by atoms with Crippen molar-refractivity contribution >= 4 is 8.81 Å². The summed E-state index contributed by atoms with van der Waals surface area (Å²) in [6.07, 6.45) is -2.52. The highest BCUT2D eigenvalue weighted by atomic mass is 31.1. The summed E-state index contributed by atoms with van der Waals surface area (Å²) in [5, 5.41) is 45.0. The Labute approximate surface area is 160 Å². The molecule has 0 fully saturated rings. The van der Waals surface area contributed by atoms with Crippen LogP contribution in [0.1, 0.15) is 48.0 Å². The second kappa shape index (κ2) is 17.2. The van der Waals surface area contributed by atoms with Crippen LogP contribution in [0.5, 0.6) is 0 Å². The lowest BCUT2D eigenvalue weighted by Crippen LogP contribution is -2.43. The lowest BCUT2D eigenvalue weighted by atomic mass is 9.78. The Morgan fingerprint density at radius 2 is 1.58 bits per heavy atom. The molecule has 162 valence electrons. The SMILES string of the molecule is CC.CO.CPOC(C(O)CCOCC(C)(C)C(C)(C)O)C(CO)OO. The van der Waals surface area contributed by atoms with Gasteiger partial charge in [-0.25, -0.2) is 4.89 Å². The third-order valence-corrected chi connectivity index (χ3v) is 4.50. The van der Waals surface area contributed by atoms with Crippen molar-refractivity contribution in [3.8, 4) is 0 Å². The van der Waals surface area contributed by atoms with Gasteiger partial charge in [-0.05, 0) is 26.9 Å². The van der Waals surface area contributed by atoms with E-state index in [2.05, 4.69) is 4.89 Å². The van der Waals surface area contributed by atoms with E-state index in [9.17, 15) is 10.2 Å². The van der Waals surface area contributed by atoms with Gasteiger partial charge < -0.3 is 29.7 Å². The average molecular weight is 404 g/mol. The summed E-state index contributed by atoms with van der Waals surface area (Å²) in [4.78, 5) is 4.14. The number of hydrogen-bond acceptors (Lipinski definition) is 8. The summed E-state index contributed by atoms with van der Waals surface area (Å²) in [6, 6.07) is 0. The molecular weight excluding hydrogens is 363 g/mol. The zero-order chi connectivity index (χ0) is 21.4. The summed E-state index contributed by atoms with van der Waals surface area (Å²) in [5.74, 6) is 0. The fourth-order valence-corrected chi connectivity index (χ4v) is 2.19. The van der Waals surface area contributed by atoms with Crippen LogP contribution in [-0.4, -0.2) is 83.2 Å². The van der Waals surface area contributed by atoms with Crippen molar-refractivity contribution in [3.63, 3.8) is 0 Å². The highest BCUT2D eigenvalue weighted by Crippen LogP contribution is 2.30. The topological polar surface area (TPSA) is 129 Å². The van der Waals surface area contributed by atoms with Gasteiger partial charge >= 0.3 is 0 Å². The highest BCUT2D eigenvalue weighted by molar-refractivity contribution is 7.31. The third-order valence-electron chi connectivity index (χ3n) is 3.99. The van der Waals surface area contributed by atoms with E-state index in [1.54, 1.807) is 20.5 Å². The molecule has 0 aliphatic heterocycles. The van der Waals surface area contributed by atoms with Crippen LogP contribution in [0.4, 0.5) is 0 Å². The smallest absolute Gasteiger partial charge is 0.145 e. The molecule has 4 unspecified atom stereocenters. The van der Waals surface area contributed by atoms with Crippen molar-refractivity contribution in [2.24, 2.45) is 5.41 Å². The van der Waals surface area contributed by atoms with E-state index in [1.807, 2.05) is 27.7 Å². The first-order valence-electron chi connectivity index (χ1n) is 8.77. The van der Waals surface area contributed by atoms with Crippen LogP contribution in [0.15, 0.2) is 0 Å². The van der Waals surface area contributed by atoms with E-state index in [0.29, 0.717) is 6.61 Å². The van der Waals surface area contributed by atoms with Gasteiger partial charge in [0.15, 0.2) is 0 Å². The van der Waals surface area contributed by atoms with Gasteiger partial charge in [0.2, 0.25) is 0 Å². The number of ether oxygens (including phenoxy) is 1. The molecule has 0 heterocycles. The first-order chi connectivity index (χ1) is 12.1. The zero-order valence-corrected chi connectivity index (χ0v) is 18.5. The zero-order valence-electron chi connectivity index (χ0n) is 17.5. The Kier molecular flexibility index (Phi) is 20.4. The van der Waals surface area contributed by atoms with Crippen molar-refractivity contribution in [3.05, 3.63) is 0 Å². The van der Waals surface area contributed by atoms with Gasteiger partial charge in [0.1, 0.15) is 12.2 Å². The molecule has 0 spiro atoms. The first kappa shape index (κ1) is 30.8. The summed E-state index contributed by atoms with van der Waals surface area (Å²) >= 11 is 0. The minimum absolute atomic E-state index is 0.0823. The maximum Gasteiger partial charge on any atom is 0.145 e. The molecule has 9 heteroatoms. The standard InChI is InChI=1S/C14H31O7P.C2H6.CH4O/c1-13(2,14(3,4)17)9-19-7-6-10(16)12(21-22-5)11(8-15)20-18;2*1-2/h10-12,15-18,22H,6-9H2,1-5H3;1-2H3;2H,1H3. The fraction of sp³-hybridized carbons (Fsp3) is 1.00. The van der Waals surface area contributed by atoms with Crippen LogP contribution in [0.2, 0.25) is 0 Å². The molecule has 0 radical (unpaired) electrons. The normalized spacial score (nSPS) is 15.6. The van der Waals surface area contributed by atoms with Gasteiger partial charge in [-0.2, -0.15) is 0 Å². The Morgan fingerprint density at radius 1 is 1.08 bits per heavy atom. The van der Waals surface area contributed by atoms with Gasteiger partial charge in [-0.3, -0.25) is 5.26 Å². The van der Waals surface area contributed by atoms with Crippen molar-refractivity contribution in [1.82, 2.24) is 0 Å². The van der Waals surface area contributed by atoms with Crippen LogP contribution in [0.3, 0.4) is 0 Å². The van der Waals surface area contributed by atoms with E-state index in [4.69, 9.17) is 24.7 Å². The number of aliphatic hydroxyl groups is 4. The molecular formula is C17H41O8P. The van der Waals surface area contributed by atoms with Crippen molar-refractivity contribution in [1.29, 1.82) is 0 Å². The van der Waals surface area contributed by atoms with Crippen molar-refractivity contribution < 1.29 is 39.8 Å². The number of hydrogen-bond donors (Lipinski definition) is 5. The monoisotopic (exact) mass is 404 g/mol. The van der Waals surface area contributed by atoms with Gasteiger partial charge in [0.05, 0.1) is 24.9 Å². The highest BCUT2D eigenvalue weighted by Gasteiger charge is 2.35. The molecule has 0 aromatic carbocycles. The van der Waals surface area contributed by atoms with E-state index < -0.39 is 35.9 Å². The molecule has 0 saturated heterocycles. The molecule has 26 heavy (non-hydrogen) atoms. The van der Waals surface area contributed by atoms with Crippen LogP contribution >= 0.6 is 8.81 Å². The van der Waals surface area contributed by atoms with Crippen molar-refractivity contribution in [2.75, 3.05) is 33.6 Å². The Bertz CT molecular complexity index is 293. The predicted molar refractivity (Wildman–Crippen MR) is 105 cm³/mol. The molecule has 0 aliphatic rings. The lowest BCUT2D eigenvalue weighted by molar-refractivity contribution is -0.306. The molecule has 4 atom stereocenters. The van der Waals surface area contributed by atoms with Crippen LogP contribution < -0.4 is 0 Å². The van der Waals surface area contributed by atoms with Gasteiger partial charge in [0, 0.05) is 27.9 Å². The summed E-state index contributed by atoms with van der Waals surface area (Å²) < 4.78 is 10.9. The molecule has 0 amide bonds.